The average molecular weight is 313 g/mol. The first-order valence-electron chi connectivity index (χ1n) is 6.32. The van der Waals surface area contributed by atoms with E-state index in [1.54, 1.807) is 18.2 Å². The van der Waals surface area contributed by atoms with Gasteiger partial charge in [0.15, 0.2) is 0 Å². The van der Waals surface area contributed by atoms with Crippen molar-refractivity contribution in [2.24, 2.45) is 5.92 Å². The summed E-state index contributed by atoms with van der Waals surface area (Å²) in [5.74, 6) is 0.255. The van der Waals surface area contributed by atoms with E-state index >= 15 is 0 Å². The summed E-state index contributed by atoms with van der Waals surface area (Å²) in [5.41, 5.74) is 0.484. The van der Waals surface area contributed by atoms with Crippen LogP contribution in [0.25, 0.3) is 0 Å². The molecule has 106 valence electrons. The topological polar surface area (TPSA) is 62.1 Å². The zero-order chi connectivity index (χ0) is 14.5. The quantitative estimate of drug-likeness (QED) is 0.878. The summed E-state index contributed by atoms with van der Waals surface area (Å²) in [7, 11) is 0. The van der Waals surface area contributed by atoms with Gasteiger partial charge in [0, 0.05) is 5.56 Å². The number of benzene rings is 1. The Bertz CT molecular complexity index is 538. The Morgan fingerprint density at radius 1 is 1.50 bits per heavy atom. The van der Waals surface area contributed by atoms with Crippen LogP contribution in [0.5, 0.6) is 0 Å². The smallest absolute Gasteiger partial charge is 0.247 e. The van der Waals surface area contributed by atoms with Crippen molar-refractivity contribution in [2.45, 2.75) is 18.9 Å². The minimum Gasteiger partial charge on any atom is -0.371 e. The highest BCUT2D eigenvalue weighted by molar-refractivity contribution is 6.42. The number of nitrogens with zero attached hydrogens (tertiary/aromatic N) is 1. The number of carbonyl (C=O) groups excluding carboxylic acids is 1. The summed E-state index contributed by atoms with van der Waals surface area (Å²) in [6, 6.07) is 6.13. The molecule has 0 bridgehead atoms. The van der Waals surface area contributed by atoms with Crippen LogP contribution in [-0.4, -0.2) is 19.1 Å². The van der Waals surface area contributed by atoms with Gasteiger partial charge in [-0.3, -0.25) is 4.79 Å². The third kappa shape index (κ3) is 4.11. The number of amides is 1. The molecule has 1 fully saturated rings. The molecule has 0 radical (unpaired) electrons. The van der Waals surface area contributed by atoms with Crippen LogP contribution in [0.3, 0.4) is 0 Å². The second-order valence-corrected chi connectivity index (χ2v) is 5.52. The first-order chi connectivity index (χ1) is 9.61. The van der Waals surface area contributed by atoms with E-state index in [9.17, 15) is 4.79 Å². The summed E-state index contributed by atoms with van der Waals surface area (Å²) < 4.78 is 5.27. The third-order valence-electron chi connectivity index (χ3n) is 3.01. The van der Waals surface area contributed by atoms with Crippen molar-refractivity contribution in [3.8, 4) is 6.07 Å². The van der Waals surface area contributed by atoms with Crippen LogP contribution in [0.1, 0.15) is 24.4 Å². The Morgan fingerprint density at radius 2 is 2.25 bits per heavy atom. The summed E-state index contributed by atoms with van der Waals surface area (Å²) in [6.45, 7) is 0.551. The molecule has 1 aromatic rings. The van der Waals surface area contributed by atoms with Gasteiger partial charge < -0.3 is 10.1 Å². The molecule has 0 aliphatic heterocycles. The first kappa shape index (κ1) is 15.1. The number of halogens is 2. The van der Waals surface area contributed by atoms with Gasteiger partial charge in [-0.1, -0.05) is 35.3 Å². The lowest BCUT2D eigenvalue weighted by Gasteiger charge is -2.14. The van der Waals surface area contributed by atoms with Crippen LogP contribution in [0, 0.1) is 17.2 Å². The number of hydrogen-bond acceptors (Lipinski definition) is 3. The van der Waals surface area contributed by atoms with Gasteiger partial charge in [0.25, 0.3) is 0 Å². The Labute approximate surface area is 127 Å². The molecule has 20 heavy (non-hydrogen) atoms. The molecule has 0 aromatic heterocycles. The summed E-state index contributed by atoms with van der Waals surface area (Å²) in [5, 5.41) is 12.4. The van der Waals surface area contributed by atoms with Gasteiger partial charge in [0.05, 0.1) is 22.7 Å². The number of nitriles is 1. The molecule has 1 aliphatic rings. The van der Waals surface area contributed by atoms with Crippen molar-refractivity contribution >= 4 is 29.1 Å². The zero-order valence-corrected chi connectivity index (χ0v) is 12.2. The number of rotatable bonds is 6. The van der Waals surface area contributed by atoms with Crippen molar-refractivity contribution in [1.29, 1.82) is 5.26 Å². The minimum absolute atomic E-state index is 0.0487. The molecule has 1 atom stereocenters. The molecule has 2 rings (SSSR count). The van der Waals surface area contributed by atoms with Crippen LogP contribution in [-0.2, 0) is 9.53 Å². The molecule has 1 aliphatic carbocycles. The number of carbonyl (C=O) groups is 1. The lowest BCUT2D eigenvalue weighted by molar-refractivity contribution is -0.126. The molecule has 4 nitrogen and oxygen atoms in total. The van der Waals surface area contributed by atoms with E-state index < -0.39 is 6.04 Å². The zero-order valence-electron chi connectivity index (χ0n) is 10.7. The van der Waals surface area contributed by atoms with E-state index in [0.717, 1.165) is 0 Å². The predicted octanol–water partition coefficient (Wildman–Crippen LogP) is 3.10. The highest BCUT2D eigenvalue weighted by Gasteiger charge is 2.22. The second kappa shape index (κ2) is 6.94. The first-order valence-corrected chi connectivity index (χ1v) is 7.08. The van der Waals surface area contributed by atoms with Crippen LogP contribution in [0.4, 0.5) is 0 Å². The fourth-order valence-electron chi connectivity index (χ4n) is 1.73. The highest BCUT2D eigenvalue weighted by atomic mass is 35.5. The highest BCUT2D eigenvalue weighted by Crippen LogP contribution is 2.30. The standard InChI is InChI=1S/C14H14Cl2N2O2/c15-11-3-1-2-10(14(11)16)12(6-17)18-13(19)8-20-7-9-4-5-9/h1-3,9,12H,4-5,7-8H2,(H,18,19)/t12-/m1/s1. The molecule has 1 saturated carbocycles. The normalized spacial score (nSPS) is 15.4. The van der Waals surface area contributed by atoms with E-state index in [2.05, 4.69) is 5.32 Å². The lowest BCUT2D eigenvalue weighted by atomic mass is 10.1. The summed E-state index contributed by atoms with van der Waals surface area (Å²) >= 11 is 11.9. The largest absolute Gasteiger partial charge is 0.371 e. The molecule has 1 amide bonds. The Hall–Kier alpha value is -1.28. The maximum atomic E-state index is 11.7. The SMILES string of the molecule is N#C[C@@H](NC(=O)COCC1CC1)c1cccc(Cl)c1Cl. The second-order valence-electron chi connectivity index (χ2n) is 4.73. The molecule has 0 unspecified atom stereocenters. The van der Waals surface area contributed by atoms with E-state index in [-0.39, 0.29) is 17.5 Å². The molecule has 0 saturated heterocycles. The van der Waals surface area contributed by atoms with Gasteiger partial charge in [0.1, 0.15) is 12.6 Å². The third-order valence-corrected chi connectivity index (χ3v) is 3.84. The molecular weight excluding hydrogens is 299 g/mol. The van der Waals surface area contributed by atoms with Gasteiger partial charge in [-0.2, -0.15) is 5.26 Å². The van der Waals surface area contributed by atoms with Crippen LogP contribution in [0.15, 0.2) is 18.2 Å². The predicted molar refractivity (Wildman–Crippen MR) is 76.5 cm³/mol. The Morgan fingerprint density at radius 3 is 2.90 bits per heavy atom. The van der Waals surface area contributed by atoms with Gasteiger partial charge >= 0.3 is 0 Å². The number of nitrogens with one attached hydrogen (secondary N) is 1. The van der Waals surface area contributed by atoms with E-state index in [1.807, 2.05) is 6.07 Å². The number of hydrogen-bond donors (Lipinski definition) is 1. The van der Waals surface area contributed by atoms with Crippen molar-refractivity contribution in [1.82, 2.24) is 5.32 Å². The summed E-state index contributed by atoms with van der Waals surface area (Å²) in [6.07, 6.45) is 2.33. The monoisotopic (exact) mass is 312 g/mol. The van der Waals surface area contributed by atoms with Crippen molar-refractivity contribution < 1.29 is 9.53 Å². The van der Waals surface area contributed by atoms with Gasteiger partial charge in [-0.05, 0) is 24.8 Å². The maximum Gasteiger partial charge on any atom is 0.247 e. The van der Waals surface area contributed by atoms with Crippen molar-refractivity contribution in [3.05, 3.63) is 33.8 Å². The van der Waals surface area contributed by atoms with Crippen molar-refractivity contribution in [3.63, 3.8) is 0 Å². The summed E-state index contributed by atoms with van der Waals surface area (Å²) in [4.78, 5) is 11.7. The van der Waals surface area contributed by atoms with E-state index in [1.165, 1.54) is 12.8 Å². The van der Waals surface area contributed by atoms with Gasteiger partial charge in [-0.25, -0.2) is 0 Å². The molecule has 1 aromatic carbocycles. The molecule has 0 heterocycles. The van der Waals surface area contributed by atoms with E-state index in [0.29, 0.717) is 23.1 Å². The molecule has 6 heteroatoms. The molecule has 0 spiro atoms. The van der Waals surface area contributed by atoms with Crippen LogP contribution in [0.2, 0.25) is 10.0 Å². The Kier molecular flexibility index (Phi) is 5.24. The van der Waals surface area contributed by atoms with Crippen LogP contribution >= 0.6 is 23.2 Å². The van der Waals surface area contributed by atoms with Crippen molar-refractivity contribution in [2.75, 3.05) is 13.2 Å². The fraction of sp³-hybridized carbons (Fsp3) is 0.429. The Balaban J connectivity index is 1.92. The maximum absolute atomic E-state index is 11.7. The molecular formula is C14H14Cl2N2O2. The average Bonchev–Trinajstić information content (AvgIpc) is 3.24. The minimum atomic E-state index is -0.835. The molecule has 1 N–H and O–H groups in total. The van der Waals surface area contributed by atoms with Crippen LogP contribution < -0.4 is 5.32 Å². The lowest BCUT2D eigenvalue weighted by Crippen LogP contribution is -2.31. The van der Waals surface area contributed by atoms with Gasteiger partial charge in [0.2, 0.25) is 5.91 Å². The number of ether oxygens (including phenoxy) is 1. The van der Waals surface area contributed by atoms with Gasteiger partial charge in [-0.15, -0.1) is 0 Å². The fourth-order valence-corrected chi connectivity index (χ4v) is 2.15. The van der Waals surface area contributed by atoms with E-state index in [4.69, 9.17) is 33.2 Å².